The molecular formula is C19H29N3O3. The van der Waals surface area contributed by atoms with E-state index in [1.54, 1.807) is 6.07 Å². The molecule has 6 heteroatoms. The molecule has 0 radical (unpaired) electrons. The summed E-state index contributed by atoms with van der Waals surface area (Å²) in [6.45, 7) is 9.71. The summed E-state index contributed by atoms with van der Waals surface area (Å²) in [6.07, 6.45) is 1.80. The average molecular weight is 347 g/mol. The molecule has 0 saturated carbocycles. The molecule has 0 atom stereocenters. The molecular weight excluding hydrogens is 318 g/mol. The Morgan fingerprint density at radius 3 is 2.88 bits per heavy atom. The molecule has 1 amide bonds. The fraction of sp³-hybridized carbons (Fsp3) is 0.579. The number of nitrogens with zero attached hydrogens (tertiary/aromatic N) is 2. The van der Waals surface area contributed by atoms with Crippen LogP contribution >= 0.6 is 0 Å². The van der Waals surface area contributed by atoms with E-state index in [0.717, 1.165) is 51.3 Å². The van der Waals surface area contributed by atoms with Crippen LogP contribution in [0.2, 0.25) is 0 Å². The van der Waals surface area contributed by atoms with Crippen molar-refractivity contribution < 1.29 is 14.3 Å². The van der Waals surface area contributed by atoms with Crippen molar-refractivity contribution in [1.29, 1.82) is 0 Å². The van der Waals surface area contributed by atoms with Gasteiger partial charge < -0.3 is 9.47 Å². The largest absolute Gasteiger partial charge is 0.465 e. The Morgan fingerprint density at radius 1 is 1.36 bits per heavy atom. The highest BCUT2D eigenvalue weighted by molar-refractivity contribution is 6.04. The van der Waals surface area contributed by atoms with Crippen molar-refractivity contribution in [2.75, 3.05) is 46.0 Å². The third kappa shape index (κ3) is 7.23. The summed E-state index contributed by atoms with van der Waals surface area (Å²) < 4.78 is 10.9. The van der Waals surface area contributed by atoms with Gasteiger partial charge in [-0.25, -0.2) is 4.99 Å². The van der Waals surface area contributed by atoms with Crippen LogP contribution in [0, 0.1) is 6.92 Å². The Kier molecular flexibility index (Phi) is 8.42. The average Bonchev–Trinajstić information content (AvgIpc) is 2.63. The van der Waals surface area contributed by atoms with Crippen molar-refractivity contribution in [3.8, 4) is 0 Å². The number of amidine groups is 1. The maximum atomic E-state index is 12.4. The summed E-state index contributed by atoms with van der Waals surface area (Å²) >= 11 is 0. The van der Waals surface area contributed by atoms with Crippen LogP contribution in [0.4, 0.5) is 0 Å². The second kappa shape index (κ2) is 10.8. The molecule has 1 N–H and O–H groups in total. The van der Waals surface area contributed by atoms with E-state index in [1.807, 2.05) is 32.0 Å². The molecule has 0 aromatic heterocycles. The summed E-state index contributed by atoms with van der Waals surface area (Å²) in [4.78, 5) is 19.2. The molecule has 0 spiro atoms. The lowest BCUT2D eigenvalue weighted by Crippen LogP contribution is -2.37. The molecule has 1 aromatic carbocycles. The molecule has 0 unspecified atom stereocenters. The van der Waals surface area contributed by atoms with Crippen molar-refractivity contribution in [3.63, 3.8) is 0 Å². The number of hydrogen-bond acceptors (Lipinski definition) is 5. The van der Waals surface area contributed by atoms with Crippen LogP contribution in [0.25, 0.3) is 0 Å². The topological polar surface area (TPSA) is 63.2 Å². The van der Waals surface area contributed by atoms with E-state index < -0.39 is 0 Å². The van der Waals surface area contributed by atoms with Gasteiger partial charge in [0.25, 0.3) is 11.9 Å². The molecule has 1 aliphatic heterocycles. The van der Waals surface area contributed by atoms with Crippen molar-refractivity contribution in [1.82, 2.24) is 10.2 Å². The molecule has 1 heterocycles. The van der Waals surface area contributed by atoms with Gasteiger partial charge in [0.05, 0.1) is 19.8 Å². The maximum Gasteiger partial charge on any atom is 0.291 e. The lowest BCUT2D eigenvalue weighted by atomic mass is 10.1. The SMILES string of the molecule is CCCOC(=NCCCN1CCOCC1)NC(=O)c1cccc(C)c1. The highest BCUT2D eigenvalue weighted by atomic mass is 16.5. The van der Waals surface area contributed by atoms with Crippen LogP contribution in [-0.2, 0) is 9.47 Å². The zero-order valence-electron chi connectivity index (χ0n) is 15.3. The molecule has 1 saturated heterocycles. The smallest absolute Gasteiger partial charge is 0.291 e. The fourth-order valence-corrected chi connectivity index (χ4v) is 2.58. The van der Waals surface area contributed by atoms with Gasteiger partial charge in [0, 0.05) is 31.7 Å². The predicted octanol–water partition coefficient (Wildman–Crippen LogP) is 2.23. The van der Waals surface area contributed by atoms with Gasteiger partial charge in [0.2, 0.25) is 0 Å². The molecule has 1 aliphatic rings. The summed E-state index contributed by atoms with van der Waals surface area (Å²) in [6, 6.07) is 7.79. The van der Waals surface area contributed by atoms with E-state index in [9.17, 15) is 4.79 Å². The van der Waals surface area contributed by atoms with Gasteiger partial charge in [-0.15, -0.1) is 0 Å². The molecule has 138 valence electrons. The maximum absolute atomic E-state index is 12.4. The first-order valence-corrected chi connectivity index (χ1v) is 9.04. The number of amides is 1. The van der Waals surface area contributed by atoms with Gasteiger partial charge in [-0.05, 0) is 31.9 Å². The molecule has 1 fully saturated rings. The van der Waals surface area contributed by atoms with Gasteiger partial charge in [0.1, 0.15) is 0 Å². The Hall–Kier alpha value is -1.92. The van der Waals surface area contributed by atoms with E-state index >= 15 is 0 Å². The number of aliphatic imine (C=N–C) groups is 1. The number of carbonyl (C=O) groups is 1. The summed E-state index contributed by atoms with van der Waals surface area (Å²) in [5.41, 5.74) is 1.66. The van der Waals surface area contributed by atoms with Crippen molar-refractivity contribution in [2.45, 2.75) is 26.7 Å². The normalized spacial score (nSPS) is 15.8. The van der Waals surface area contributed by atoms with Gasteiger partial charge in [0.15, 0.2) is 0 Å². The van der Waals surface area contributed by atoms with Gasteiger partial charge >= 0.3 is 0 Å². The highest BCUT2D eigenvalue weighted by Gasteiger charge is 2.11. The monoisotopic (exact) mass is 347 g/mol. The van der Waals surface area contributed by atoms with Crippen molar-refractivity contribution >= 4 is 11.9 Å². The lowest BCUT2D eigenvalue weighted by Gasteiger charge is -2.26. The molecule has 6 nitrogen and oxygen atoms in total. The van der Waals surface area contributed by atoms with E-state index in [0.29, 0.717) is 24.7 Å². The first kappa shape index (κ1) is 19.4. The quantitative estimate of drug-likeness (QED) is 0.467. The fourth-order valence-electron chi connectivity index (χ4n) is 2.58. The van der Waals surface area contributed by atoms with Gasteiger partial charge in [-0.2, -0.15) is 0 Å². The van der Waals surface area contributed by atoms with Gasteiger partial charge in [-0.3, -0.25) is 15.0 Å². The van der Waals surface area contributed by atoms with E-state index in [4.69, 9.17) is 9.47 Å². The van der Waals surface area contributed by atoms with E-state index in [1.165, 1.54) is 0 Å². The standard InChI is InChI=1S/C19H29N3O3/c1-3-12-25-19(20-8-5-9-22-10-13-24-14-11-22)21-18(23)17-7-4-6-16(2)15-17/h4,6-7,15H,3,5,8-14H2,1-2H3,(H,20,21,23). The molecule has 0 aliphatic carbocycles. The Labute approximate surface area is 150 Å². The molecule has 25 heavy (non-hydrogen) atoms. The zero-order valence-corrected chi connectivity index (χ0v) is 15.3. The zero-order chi connectivity index (χ0) is 17.9. The first-order chi connectivity index (χ1) is 12.2. The number of carbonyl (C=O) groups excluding carboxylic acids is 1. The number of morpholine rings is 1. The highest BCUT2D eigenvalue weighted by Crippen LogP contribution is 2.04. The molecule has 2 rings (SSSR count). The van der Waals surface area contributed by atoms with Crippen LogP contribution in [-0.4, -0.2) is 62.8 Å². The number of benzene rings is 1. The minimum atomic E-state index is -0.188. The van der Waals surface area contributed by atoms with Crippen LogP contribution in [0.1, 0.15) is 35.7 Å². The van der Waals surface area contributed by atoms with E-state index in [-0.39, 0.29) is 5.91 Å². The number of hydrogen-bond donors (Lipinski definition) is 1. The molecule has 0 bridgehead atoms. The van der Waals surface area contributed by atoms with Crippen molar-refractivity contribution in [2.24, 2.45) is 4.99 Å². The number of nitrogens with one attached hydrogen (secondary N) is 1. The van der Waals surface area contributed by atoms with E-state index in [2.05, 4.69) is 15.2 Å². The number of ether oxygens (including phenoxy) is 2. The summed E-state index contributed by atoms with van der Waals surface area (Å²) in [5, 5.41) is 2.79. The number of aryl methyl sites for hydroxylation is 1. The summed E-state index contributed by atoms with van der Waals surface area (Å²) in [5.74, 6) is -0.188. The Balaban J connectivity index is 1.84. The second-order valence-corrected chi connectivity index (χ2v) is 6.17. The minimum Gasteiger partial charge on any atom is -0.465 e. The third-order valence-electron chi connectivity index (χ3n) is 3.94. The van der Waals surface area contributed by atoms with Crippen LogP contribution in [0.5, 0.6) is 0 Å². The number of rotatable bonds is 7. The van der Waals surface area contributed by atoms with Crippen LogP contribution in [0.3, 0.4) is 0 Å². The second-order valence-electron chi connectivity index (χ2n) is 6.17. The minimum absolute atomic E-state index is 0.188. The van der Waals surface area contributed by atoms with Crippen LogP contribution in [0.15, 0.2) is 29.3 Å². The Morgan fingerprint density at radius 2 is 2.16 bits per heavy atom. The van der Waals surface area contributed by atoms with Gasteiger partial charge in [-0.1, -0.05) is 24.6 Å². The summed E-state index contributed by atoms with van der Waals surface area (Å²) in [7, 11) is 0. The predicted molar refractivity (Wildman–Crippen MR) is 99.1 cm³/mol. The third-order valence-corrected chi connectivity index (χ3v) is 3.94. The van der Waals surface area contributed by atoms with Crippen molar-refractivity contribution in [3.05, 3.63) is 35.4 Å². The first-order valence-electron chi connectivity index (χ1n) is 9.04. The van der Waals surface area contributed by atoms with Crippen LogP contribution < -0.4 is 5.32 Å². The lowest BCUT2D eigenvalue weighted by molar-refractivity contribution is 0.0377. The Bertz CT molecular complexity index is 569. The molecule has 1 aromatic rings.